The summed E-state index contributed by atoms with van der Waals surface area (Å²) in [7, 11) is -1.65. The van der Waals surface area contributed by atoms with E-state index < -0.39 is 14.8 Å². The minimum atomic E-state index is -3.23. The van der Waals surface area contributed by atoms with Gasteiger partial charge in [-0.2, -0.15) is 0 Å². The van der Waals surface area contributed by atoms with Crippen molar-refractivity contribution >= 4 is 15.7 Å². The van der Waals surface area contributed by atoms with Crippen LogP contribution in [0.2, 0.25) is 0 Å². The minimum absolute atomic E-state index is 0.558. The van der Waals surface area contributed by atoms with Crippen molar-refractivity contribution in [1.29, 1.82) is 0 Å². The summed E-state index contributed by atoms with van der Waals surface area (Å²) in [6.07, 6.45) is 4.69. The van der Waals surface area contributed by atoms with E-state index in [0.29, 0.717) is 5.69 Å². The number of nitrogens with zero attached hydrogens (tertiary/aromatic N) is 2. The zero-order chi connectivity index (χ0) is 11.1. The lowest BCUT2D eigenvalue weighted by molar-refractivity contribution is 0.580. The molecule has 2 rings (SSSR count). The van der Waals surface area contributed by atoms with E-state index in [9.17, 15) is 8.42 Å². The van der Waals surface area contributed by atoms with Crippen molar-refractivity contribution in [2.75, 3.05) is 11.4 Å². The number of anilines is 1. The van der Waals surface area contributed by atoms with Crippen molar-refractivity contribution in [3.8, 4) is 0 Å². The van der Waals surface area contributed by atoms with Crippen LogP contribution in [0.25, 0.3) is 0 Å². The third-order valence-corrected chi connectivity index (χ3v) is 5.53. The molecule has 0 N–H and O–H groups in total. The van der Waals surface area contributed by atoms with Crippen LogP contribution < -0.4 is 4.31 Å². The Morgan fingerprint density at radius 1 is 1.47 bits per heavy atom. The SMILES string of the molecule is CN(c1cccnc1)S(=O)(=O)C1(C)CC1. The number of pyridine rings is 1. The highest BCUT2D eigenvalue weighted by atomic mass is 32.2. The lowest BCUT2D eigenvalue weighted by atomic mass is 10.4. The third-order valence-electron chi connectivity index (χ3n) is 2.95. The molecule has 1 heterocycles. The second-order valence-electron chi connectivity index (χ2n) is 4.13. The Morgan fingerprint density at radius 3 is 2.60 bits per heavy atom. The summed E-state index contributed by atoms with van der Waals surface area (Å²) in [5.74, 6) is 0. The molecule has 15 heavy (non-hydrogen) atoms. The van der Waals surface area contributed by atoms with Gasteiger partial charge in [0.25, 0.3) is 0 Å². The monoisotopic (exact) mass is 226 g/mol. The summed E-state index contributed by atoms with van der Waals surface area (Å²) in [6, 6.07) is 3.48. The normalized spacial score (nSPS) is 18.5. The Balaban J connectivity index is 2.33. The number of sulfonamides is 1. The number of rotatable bonds is 3. The molecular weight excluding hydrogens is 212 g/mol. The van der Waals surface area contributed by atoms with Crippen LogP contribution >= 0.6 is 0 Å². The lowest BCUT2D eigenvalue weighted by Crippen LogP contribution is -2.35. The van der Waals surface area contributed by atoms with Crippen molar-refractivity contribution in [1.82, 2.24) is 4.98 Å². The number of aromatic nitrogens is 1. The summed E-state index contributed by atoms with van der Waals surface area (Å²) in [4.78, 5) is 3.92. The van der Waals surface area contributed by atoms with Gasteiger partial charge in [0.05, 0.1) is 16.6 Å². The topological polar surface area (TPSA) is 50.3 Å². The molecule has 0 unspecified atom stereocenters. The molecule has 1 aromatic heterocycles. The van der Waals surface area contributed by atoms with Crippen LogP contribution in [0.5, 0.6) is 0 Å². The Bertz CT molecular complexity index is 452. The fourth-order valence-corrected chi connectivity index (χ4v) is 3.11. The molecule has 1 saturated carbocycles. The Hall–Kier alpha value is -1.10. The standard InChI is InChI=1S/C10H14N2O2S/c1-10(5-6-10)15(13,14)12(2)9-4-3-7-11-8-9/h3-4,7-8H,5-6H2,1-2H3. The molecule has 82 valence electrons. The first-order valence-corrected chi connectivity index (χ1v) is 6.30. The maximum absolute atomic E-state index is 12.1. The van der Waals surface area contributed by atoms with Gasteiger partial charge in [0.1, 0.15) is 0 Å². The first kappa shape index (κ1) is 10.4. The maximum Gasteiger partial charge on any atom is 0.240 e. The van der Waals surface area contributed by atoms with Crippen molar-refractivity contribution in [2.45, 2.75) is 24.5 Å². The molecule has 0 bridgehead atoms. The van der Waals surface area contributed by atoms with Gasteiger partial charge in [-0.25, -0.2) is 8.42 Å². The largest absolute Gasteiger partial charge is 0.271 e. The minimum Gasteiger partial charge on any atom is -0.271 e. The molecule has 5 heteroatoms. The molecular formula is C10H14N2O2S. The highest BCUT2D eigenvalue weighted by Crippen LogP contribution is 2.44. The first-order valence-electron chi connectivity index (χ1n) is 4.86. The van der Waals surface area contributed by atoms with Gasteiger partial charge in [-0.1, -0.05) is 0 Å². The zero-order valence-corrected chi connectivity index (χ0v) is 9.66. The fraction of sp³-hybridized carbons (Fsp3) is 0.500. The maximum atomic E-state index is 12.1. The zero-order valence-electron chi connectivity index (χ0n) is 8.84. The van der Waals surface area contributed by atoms with E-state index in [0.717, 1.165) is 12.8 Å². The molecule has 0 aliphatic heterocycles. The molecule has 1 aliphatic rings. The van der Waals surface area contributed by atoms with Crippen molar-refractivity contribution in [3.63, 3.8) is 0 Å². The van der Waals surface area contributed by atoms with Crippen molar-refractivity contribution < 1.29 is 8.42 Å². The molecule has 0 spiro atoms. The van der Waals surface area contributed by atoms with Crippen LogP contribution in [0.15, 0.2) is 24.5 Å². The van der Waals surface area contributed by atoms with Crippen molar-refractivity contribution in [3.05, 3.63) is 24.5 Å². The van der Waals surface area contributed by atoms with Crippen LogP contribution in [0.3, 0.4) is 0 Å². The van der Waals surface area contributed by atoms with Gasteiger partial charge < -0.3 is 0 Å². The van der Waals surface area contributed by atoms with Crippen LogP contribution in [-0.2, 0) is 10.0 Å². The van der Waals surface area contributed by atoms with Gasteiger partial charge in [0.2, 0.25) is 10.0 Å². The van der Waals surface area contributed by atoms with Crippen LogP contribution in [0.1, 0.15) is 19.8 Å². The van der Waals surface area contributed by atoms with Gasteiger partial charge in [0.15, 0.2) is 0 Å². The Labute approximate surface area is 90.0 Å². The summed E-state index contributed by atoms with van der Waals surface area (Å²) >= 11 is 0. The van der Waals surface area contributed by atoms with E-state index in [2.05, 4.69) is 4.98 Å². The smallest absolute Gasteiger partial charge is 0.240 e. The molecule has 1 aromatic rings. The van der Waals surface area contributed by atoms with E-state index in [1.54, 1.807) is 38.5 Å². The summed E-state index contributed by atoms with van der Waals surface area (Å²) in [5.41, 5.74) is 0.616. The van der Waals surface area contributed by atoms with Crippen LogP contribution in [-0.4, -0.2) is 25.2 Å². The van der Waals surface area contributed by atoms with E-state index in [4.69, 9.17) is 0 Å². The molecule has 0 amide bonds. The first-order chi connectivity index (χ1) is 6.97. The predicted molar refractivity (Wildman–Crippen MR) is 59.2 cm³/mol. The lowest BCUT2D eigenvalue weighted by Gasteiger charge is -2.22. The third kappa shape index (κ3) is 1.61. The van der Waals surface area contributed by atoms with E-state index >= 15 is 0 Å². The summed E-state index contributed by atoms with van der Waals surface area (Å²) in [5, 5.41) is 0. The molecule has 0 radical (unpaired) electrons. The van der Waals surface area contributed by atoms with Gasteiger partial charge in [0, 0.05) is 13.2 Å². The van der Waals surface area contributed by atoms with Gasteiger partial charge in [-0.15, -0.1) is 0 Å². The van der Waals surface area contributed by atoms with Gasteiger partial charge >= 0.3 is 0 Å². The van der Waals surface area contributed by atoms with E-state index in [1.165, 1.54) is 4.31 Å². The molecule has 0 saturated heterocycles. The quantitative estimate of drug-likeness (QED) is 0.782. The Kier molecular flexibility index (Phi) is 2.22. The highest BCUT2D eigenvalue weighted by Gasteiger charge is 2.52. The highest BCUT2D eigenvalue weighted by molar-refractivity contribution is 7.94. The number of hydrogen-bond donors (Lipinski definition) is 0. The Morgan fingerprint density at radius 2 is 2.13 bits per heavy atom. The predicted octanol–water partition coefficient (Wildman–Crippen LogP) is 1.40. The second-order valence-corrected chi connectivity index (χ2v) is 6.62. The molecule has 0 aromatic carbocycles. The van der Waals surface area contributed by atoms with E-state index in [1.807, 2.05) is 0 Å². The van der Waals surface area contributed by atoms with Crippen LogP contribution in [0, 0.1) is 0 Å². The van der Waals surface area contributed by atoms with Gasteiger partial charge in [-0.3, -0.25) is 9.29 Å². The summed E-state index contributed by atoms with van der Waals surface area (Å²) < 4.78 is 25.0. The summed E-state index contributed by atoms with van der Waals surface area (Å²) in [6.45, 7) is 1.79. The number of hydrogen-bond acceptors (Lipinski definition) is 3. The average Bonchev–Trinajstić information content (AvgIpc) is 2.98. The molecule has 1 aliphatic carbocycles. The van der Waals surface area contributed by atoms with Gasteiger partial charge in [-0.05, 0) is 31.9 Å². The average molecular weight is 226 g/mol. The van der Waals surface area contributed by atoms with E-state index in [-0.39, 0.29) is 0 Å². The molecule has 4 nitrogen and oxygen atoms in total. The fourth-order valence-electron chi connectivity index (χ4n) is 1.44. The van der Waals surface area contributed by atoms with Crippen LogP contribution in [0.4, 0.5) is 5.69 Å². The molecule has 1 fully saturated rings. The van der Waals surface area contributed by atoms with Crippen molar-refractivity contribution in [2.24, 2.45) is 0 Å². The second kappa shape index (κ2) is 3.20. The molecule has 0 atom stereocenters.